The predicted octanol–water partition coefficient (Wildman–Crippen LogP) is 3.52. The van der Waals surface area contributed by atoms with Gasteiger partial charge in [-0.25, -0.2) is 0 Å². The molecular weight excluding hydrogens is 248 g/mol. The largest absolute Gasteiger partial charge is 0.323 e. The van der Waals surface area contributed by atoms with E-state index in [-0.39, 0.29) is 5.91 Å². The van der Waals surface area contributed by atoms with Crippen molar-refractivity contribution in [2.45, 2.75) is 6.92 Å². The molecule has 0 unspecified atom stereocenters. The first-order chi connectivity index (χ1) is 9.67. The van der Waals surface area contributed by atoms with Gasteiger partial charge in [0.25, 0.3) is 0 Å². The second kappa shape index (κ2) is 6.35. The minimum absolute atomic E-state index is 0.199. The quantitative estimate of drug-likeness (QED) is 0.860. The molecule has 2 aromatic carbocycles. The fourth-order valence-corrected chi connectivity index (χ4v) is 1.66. The summed E-state index contributed by atoms with van der Waals surface area (Å²) in [6.45, 7) is 2.02. The number of benzene rings is 2. The summed E-state index contributed by atoms with van der Waals surface area (Å²) in [4.78, 5) is 11.7. The zero-order valence-corrected chi connectivity index (χ0v) is 11.1. The van der Waals surface area contributed by atoms with Crippen LogP contribution in [0.3, 0.4) is 0 Å². The number of aryl methyl sites for hydroxylation is 1. The third-order valence-electron chi connectivity index (χ3n) is 2.79. The monoisotopic (exact) mass is 262 g/mol. The summed E-state index contributed by atoms with van der Waals surface area (Å²) in [6.07, 6.45) is 3.25. The summed E-state index contributed by atoms with van der Waals surface area (Å²) < 4.78 is 0. The minimum atomic E-state index is -0.199. The number of carbonyl (C=O) groups is 1. The van der Waals surface area contributed by atoms with E-state index in [0.29, 0.717) is 11.3 Å². The van der Waals surface area contributed by atoms with Crippen LogP contribution in [0.2, 0.25) is 0 Å². The Bertz CT molecular complexity index is 662. The second-order valence-electron chi connectivity index (χ2n) is 4.42. The van der Waals surface area contributed by atoms with Gasteiger partial charge in [-0.3, -0.25) is 4.79 Å². The third kappa shape index (κ3) is 3.82. The van der Waals surface area contributed by atoms with Crippen LogP contribution < -0.4 is 5.32 Å². The summed E-state index contributed by atoms with van der Waals surface area (Å²) in [7, 11) is 0. The Morgan fingerprint density at radius 3 is 2.35 bits per heavy atom. The lowest BCUT2D eigenvalue weighted by Crippen LogP contribution is -2.07. The lowest BCUT2D eigenvalue weighted by atomic mass is 10.1. The summed E-state index contributed by atoms with van der Waals surface area (Å²) >= 11 is 0. The normalized spacial score (nSPS) is 10.2. The number of anilines is 1. The summed E-state index contributed by atoms with van der Waals surface area (Å²) in [5.74, 6) is -0.199. The molecule has 0 atom stereocenters. The molecule has 3 nitrogen and oxygen atoms in total. The molecule has 0 fully saturated rings. The maximum absolute atomic E-state index is 11.7. The van der Waals surface area contributed by atoms with E-state index in [9.17, 15) is 4.79 Å². The van der Waals surface area contributed by atoms with Crippen molar-refractivity contribution in [1.29, 1.82) is 5.26 Å². The van der Waals surface area contributed by atoms with Crippen molar-refractivity contribution < 1.29 is 4.79 Å². The van der Waals surface area contributed by atoms with E-state index >= 15 is 0 Å². The van der Waals surface area contributed by atoms with Crippen molar-refractivity contribution in [1.82, 2.24) is 0 Å². The van der Waals surface area contributed by atoms with Crippen LogP contribution in [0.4, 0.5) is 5.69 Å². The maximum Gasteiger partial charge on any atom is 0.248 e. The Morgan fingerprint density at radius 1 is 1.10 bits per heavy atom. The van der Waals surface area contributed by atoms with Crippen molar-refractivity contribution in [3.63, 3.8) is 0 Å². The van der Waals surface area contributed by atoms with Gasteiger partial charge in [0.05, 0.1) is 11.6 Å². The highest BCUT2D eigenvalue weighted by atomic mass is 16.1. The molecule has 0 aliphatic heterocycles. The van der Waals surface area contributed by atoms with E-state index < -0.39 is 0 Å². The Morgan fingerprint density at radius 2 is 1.75 bits per heavy atom. The lowest BCUT2D eigenvalue weighted by Gasteiger charge is -2.01. The second-order valence-corrected chi connectivity index (χ2v) is 4.42. The molecule has 1 N–H and O–H groups in total. The highest BCUT2D eigenvalue weighted by Gasteiger charge is 1.98. The summed E-state index contributed by atoms with van der Waals surface area (Å²) in [5, 5.41) is 11.4. The number of amides is 1. The average Bonchev–Trinajstić information content (AvgIpc) is 2.47. The fourth-order valence-electron chi connectivity index (χ4n) is 1.66. The van der Waals surface area contributed by atoms with Gasteiger partial charge in [-0.2, -0.15) is 5.26 Å². The molecule has 0 saturated heterocycles. The first-order valence-electron chi connectivity index (χ1n) is 6.23. The van der Waals surface area contributed by atoms with E-state index in [1.54, 1.807) is 30.3 Å². The number of nitrogens with one attached hydrogen (secondary N) is 1. The number of hydrogen-bond acceptors (Lipinski definition) is 2. The number of rotatable bonds is 3. The zero-order chi connectivity index (χ0) is 14.4. The Labute approximate surface area is 118 Å². The van der Waals surface area contributed by atoms with Gasteiger partial charge < -0.3 is 5.32 Å². The number of nitrogens with zero attached hydrogens (tertiary/aromatic N) is 1. The van der Waals surface area contributed by atoms with E-state index in [2.05, 4.69) is 5.32 Å². The molecule has 0 heterocycles. The molecule has 0 radical (unpaired) electrons. The van der Waals surface area contributed by atoms with Crippen LogP contribution >= 0.6 is 0 Å². The first kappa shape index (κ1) is 13.6. The standard InChI is InChI=1S/C17H14N2O/c1-13-2-4-14(5-3-13)8-11-17(20)19-16-9-6-15(12-18)7-10-16/h2-11H,1H3,(H,19,20)/b11-8+. The predicted molar refractivity (Wildman–Crippen MR) is 80.0 cm³/mol. The van der Waals surface area contributed by atoms with Crippen LogP contribution in [0.25, 0.3) is 6.08 Å². The smallest absolute Gasteiger partial charge is 0.248 e. The summed E-state index contributed by atoms with van der Waals surface area (Å²) in [6, 6.07) is 16.7. The molecule has 2 rings (SSSR count). The molecule has 0 bridgehead atoms. The Balaban J connectivity index is 1.98. The van der Waals surface area contributed by atoms with Gasteiger partial charge >= 0.3 is 0 Å². The fraction of sp³-hybridized carbons (Fsp3) is 0.0588. The zero-order valence-electron chi connectivity index (χ0n) is 11.1. The molecule has 1 amide bonds. The topological polar surface area (TPSA) is 52.9 Å². The number of nitriles is 1. The van der Waals surface area contributed by atoms with Crippen LogP contribution in [0.1, 0.15) is 16.7 Å². The lowest BCUT2D eigenvalue weighted by molar-refractivity contribution is -0.111. The molecule has 98 valence electrons. The van der Waals surface area contributed by atoms with Crippen LogP contribution in [0, 0.1) is 18.3 Å². The highest BCUT2D eigenvalue weighted by molar-refractivity contribution is 6.01. The van der Waals surface area contributed by atoms with Crippen molar-refractivity contribution >= 4 is 17.7 Å². The maximum atomic E-state index is 11.7. The molecule has 3 heteroatoms. The van der Waals surface area contributed by atoms with Crippen molar-refractivity contribution in [2.24, 2.45) is 0 Å². The minimum Gasteiger partial charge on any atom is -0.323 e. The summed E-state index contributed by atoms with van der Waals surface area (Å²) in [5.41, 5.74) is 3.40. The Hall–Kier alpha value is -2.86. The van der Waals surface area contributed by atoms with E-state index in [1.165, 1.54) is 11.6 Å². The van der Waals surface area contributed by atoms with Crippen LogP contribution in [-0.2, 0) is 4.79 Å². The highest BCUT2D eigenvalue weighted by Crippen LogP contribution is 2.09. The van der Waals surface area contributed by atoms with Gasteiger partial charge in [0.15, 0.2) is 0 Å². The van der Waals surface area contributed by atoms with Crippen LogP contribution in [-0.4, -0.2) is 5.91 Å². The molecule has 0 aliphatic rings. The SMILES string of the molecule is Cc1ccc(/C=C/C(=O)Nc2ccc(C#N)cc2)cc1. The molecule has 0 spiro atoms. The molecule has 0 aliphatic carbocycles. The molecule has 2 aromatic rings. The Kier molecular flexibility index (Phi) is 4.31. The average molecular weight is 262 g/mol. The van der Waals surface area contributed by atoms with Gasteiger partial charge in [-0.05, 0) is 42.8 Å². The van der Waals surface area contributed by atoms with Crippen LogP contribution in [0.5, 0.6) is 0 Å². The van der Waals surface area contributed by atoms with Gasteiger partial charge in [-0.1, -0.05) is 29.8 Å². The van der Waals surface area contributed by atoms with Gasteiger partial charge in [0.2, 0.25) is 5.91 Å². The molecule has 20 heavy (non-hydrogen) atoms. The van der Waals surface area contributed by atoms with Gasteiger partial charge in [0.1, 0.15) is 0 Å². The van der Waals surface area contributed by atoms with Crippen LogP contribution in [0.15, 0.2) is 54.6 Å². The molecule has 0 saturated carbocycles. The van der Waals surface area contributed by atoms with Gasteiger partial charge in [0, 0.05) is 11.8 Å². The first-order valence-corrected chi connectivity index (χ1v) is 6.23. The molecular formula is C17H14N2O. The van der Waals surface area contributed by atoms with Crippen molar-refractivity contribution in [3.8, 4) is 6.07 Å². The van der Waals surface area contributed by atoms with E-state index in [0.717, 1.165) is 5.56 Å². The van der Waals surface area contributed by atoms with E-state index in [1.807, 2.05) is 37.3 Å². The van der Waals surface area contributed by atoms with Gasteiger partial charge in [-0.15, -0.1) is 0 Å². The van der Waals surface area contributed by atoms with Crippen molar-refractivity contribution in [2.75, 3.05) is 5.32 Å². The third-order valence-corrected chi connectivity index (χ3v) is 2.79. The van der Waals surface area contributed by atoms with E-state index in [4.69, 9.17) is 5.26 Å². The molecule has 0 aromatic heterocycles. The van der Waals surface area contributed by atoms with Crippen molar-refractivity contribution in [3.05, 3.63) is 71.3 Å². The number of carbonyl (C=O) groups excluding carboxylic acids is 1. The number of hydrogen-bond donors (Lipinski definition) is 1.